The Balaban J connectivity index is 2.00. The fourth-order valence-corrected chi connectivity index (χ4v) is 2.70. The van der Waals surface area contributed by atoms with Crippen molar-refractivity contribution in [1.29, 1.82) is 0 Å². The molecular weight excluding hydrogens is 264 g/mol. The number of nitrogens with zero attached hydrogens (tertiary/aromatic N) is 2. The minimum atomic E-state index is -0.0465. The highest BCUT2D eigenvalue weighted by atomic mass is 16.1. The Kier molecular flexibility index (Phi) is 5.17. The third kappa shape index (κ3) is 3.53. The van der Waals surface area contributed by atoms with Crippen LogP contribution < -0.4 is 10.6 Å². The van der Waals surface area contributed by atoms with Crippen molar-refractivity contribution in [3.8, 4) is 0 Å². The molecule has 1 aromatic heterocycles. The molecule has 1 fully saturated rings. The monoisotopic (exact) mass is 290 g/mol. The third-order valence-corrected chi connectivity index (χ3v) is 4.44. The summed E-state index contributed by atoms with van der Waals surface area (Å²) in [5.41, 5.74) is 1.62. The zero-order chi connectivity index (χ0) is 15.3. The smallest absolute Gasteiger partial charge is 0.255 e. The summed E-state index contributed by atoms with van der Waals surface area (Å²) in [5.74, 6) is -0.0465. The number of likely N-dealkylation sites (N-methyl/N-ethyl adjacent to an activating group) is 1. The van der Waals surface area contributed by atoms with E-state index in [2.05, 4.69) is 41.5 Å². The first kappa shape index (κ1) is 15.8. The standard InChI is InChI=1S/C16H26N4O/c1-4-9-18-14-6-10-17-11-13(14)15(21)19-12-16(20(2)3)7-5-8-16/h6,10-11H,4-5,7-9,12H2,1-3H3,(H,17,18)(H,19,21). The van der Waals surface area contributed by atoms with Gasteiger partial charge in [-0.2, -0.15) is 0 Å². The highest BCUT2D eigenvalue weighted by Gasteiger charge is 2.39. The minimum Gasteiger partial charge on any atom is -0.384 e. The first-order valence-electron chi connectivity index (χ1n) is 7.72. The number of hydrogen-bond donors (Lipinski definition) is 2. The van der Waals surface area contributed by atoms with Crippen LogP contribution in [0.1, 0.15) is 43.0 Å². The third-order valence-electron chi connectivity index (χ3n) is 4.44. The minimum absolute atomic E-state index is 0.0465. The Morgan fingerprint density at radius 3 is 2.76 bits per heavy atom. The van der Waals surface area contributed by atoms with Crippen LogP contribution in [0.25, 0.3) is 0 Å². The summed E-state index contributed by atoms with van der Waals surface area (Å²) in [6.45, 7) is 3.65. The molecule has 1 aliphatic rings. The lowest BCUT2D eigenvalue weighted by atomic mass is 9.75. The number of amides is 1. The lowest BCUT2D eigenvalue weighted by molar-refractivity contribution is 0.0558. The highest BCUT2D eigenvalue weighted by Crippen LogP contribution is 2.35. The van der Waals surface area contributed by atoms with Crippen LogP contribution in [-0.4, -0.2) is 48.5 Å². The second-order valence-electron chi connectivity index (χ2n) is 6.00. The molecule has 5 nitrogen and oxygen atoms in total. The van der Waals surface area contributed by atoms with Crippen molar-refractivity contribution in [2.24, 2.45) is 0 Å². The number of nitrogens with one attached hydrogen (secondary N) is 2. The van der Waals surface area contributed by atoms with E-state index in [-0.39, 0.29) is 11.4 Å². The molecule has 1 aliphatic carbocycles. The molecule has 2 rings (SSSR count). The quantitative estimate of drug-likeness (QED) is 0.807. The van der Waals surface area contributed by atoms with Gasteiger partial charge in [0.2, 0.25) is 0 Å². The summed E-state index contributed by atoms with van der Waals surface area (Å²) < 4.78 is 0. The molecular formula is C16H26N4O. The molecule has 116 valence electrons. The van der Waals surface area contributed by atoms with Crippen LogP contribution in [0.4, 0.5) is 5.69 Å². The lowest BCUT2D eigenvalue weighted by Crippen LogP contribution is -2.57. The molecule has 1 aromatic rings. The van der Waals surface area contributed by atoms with Crippen LogP contribution in [0, 0.1) is 0 Å². The van der Waals surface area contributed by atoms with Gasteiger partial charge in [0.25, 0.3) is 5.91 Å². The maximum Gasteiger partial charge on any atom is 0.255 e. The fourth-order valence-electron chi connectivity index (χ4n) is 2.70. The van der Waals surface area contributed by atoms with Gasteiger partial charge >= 0.3 is 0 Å². The van der Waals surface area contributed by atoms with Gasteiger partial charge in [0.1, 0.15) is 0 Å². The van der Waals surface area contributed by atoms with Crippen molar-refractivity contribution in [2.75, 3.05) is 32.5 Å². The van der Waals surface area contributed by atoms with Gasteiger partial charge in [-0.15, -0.1) is 0 Å². The van der Waals surface area contributed by atoms with E-state index in [0.29, 0.717) is 12.1 Å². The molecule has 2 N–H and O–H groups in total. The van der Waals surface area contributed by atoms with Gasteiger partial charge < -0.3 is 15.5 Å². The Morgan fingerprint density at radius 1 is 1.43 bits per heavy atom. The van der Waals surface area contributed by atoms with Crippen LogP contribution in [0.15, 0.2) is 18.5 Å². The van der Waals surface area contributed by atoms with Gasteiger partial charge in [0.15, 0.2) is 0 Å². The summed E-state index contributed by atoms with van der Waals surface area (Å²) in [7, 11) is 4.17. The molecule has 0 radical (unpaired) electrons. The molecule has 1 amide bonds. The second kappa shape index (κ2) is 6.89. The van der Waals surface area contributed by atoms with E-state index in [1.807, 2.05) is 6.07 Å². The maximum absolute atomic E-state index is 12.4. The van der Waals surface area contributed by atoms with Gasteiger partial charge in [-0.3, -0.25) is 9.78 Å². The average Bonchev–Trinajstić information content (AvgIpc) is 2.43. The summed E-state index contributed by atoms with van der Waals surface area (Å²) in [6, 6.07) is 1.86. The van der Waals surface area contributed by atoms with Crippen LogP contribution in [0.5, 0.6) is 0 Å². The Bertz CT molecular complexity index is 483. The molecule has 0 spiro atoms. The second-order valence-corrected chi connectivity index (χ2v) is 6.00. The van der Waals surface area contributed by atoms with E-state index in [0.717, 1.165) is 31.5 Å². The van der Waals surface area contributed by atoms with E-state index < -0.39 is 0 Å². The normalized spacial score (nSPS) is 16.4. The molecule has 0 aromatic carbocycles. The SMILES string of the molecule is CCCNc1ccncc1C(=O)NCC1(N(C)C)CCC1. The molecule has 1 saturated carbocycles. The number of anilines is 1. The van der Waals surface area contributed by atoms with E-state index in [1.54, 1.807) is 12.4 Å². The lowest BCUT2D eigenvalue weighted by Gasteiger charge is -2.47. The van der Waals surface area contributed by atoms with E-state index in [4.69, 9.17) is 0 Å². The van der Waals surface area contributed by atoms with E-state index in [1.165, 1.54) is 6.42 Å². The number of rotatable bonds is 7. The molecule has 0 unspecified atom stereocenters. The fraction of sp³-hybridized carbons (Fsp3) is 0.625. The van der Waals surface area contributed by atoms with Crippen molar-refractivity contribution in [3.63, 3.8) is 0 Å². The Hall–Kier alpha value is -1.62. The summed E-state index contributed by atoms with van der Waals surface area (Å²) in [5, 5.41) is 6.36. The molecule has 5 heteroatoms. The van der Waals surface area contributed by atoms with Gasteiger partial charge in [-0.1, -0.05) is 6.92 Å². The molecule has 1 heterocycles. The molecule has 21 heavy (non-hydrogen) atoms. The van der Waals surface area contributed by atoms with Crippen LogP contribution in [0.2, 0.25) is 0 Å². The largest absolute Gasteiger partial charge is 0.384 e. The van der Waals surface area contributed by atoms with Crippen molar-refractivity contribution in [1.82, 2.24) is 15.2 Å². The van der Waals surface area contributed by atoms with Crippen molar-refractivity contribution in [2.45, 2.75) is 38.1 Å². The van der Waals surface area contributed by atoms with Crippen LogP contribution >= 0.6 is 0 Å². The number of carbonyl (C=O) groups excluding carboxylic acids is 1. The molecule has 0 saturated heterocycles. The number of hydrogen-bond acceptors (Lipinski definition) is 4. The zero-order valence-electron chi connectivity index (χ0n) is 13.3. The van der Waals surface area contributed by atoms with Crippen molar-refractivity contribution in [3.05, 3.63) is 24.0 Å². The van der Waals surface area contributed by atoms with Gasteiger partial charge in [-0.05, 0) is 45.8 Å². The van der Waals surface area contributed by atoms with Gasteiger partial charge in [0.05, 0.1) is 11.3 Å². The van der Waals surface area contributed by atoms with Crippen LogP contribution in [0.3, 0.4) is 0 Å². The van der Waals surface area contributed by atoms with Gasteiger partial charge in [-0.25, -0.2) is 0 Å². The van der Waals surface area contributed by atoms with Crippen molar-refractivity contribution >= 4 is 11.6 Å². The maximum atomic E-state index is 12.4. The highest BCUT2D eigenvalue weighted by molar-refractivity contribution is 5.99. The first-order valence-corrected chi connectivity index (χ1v) is 7.72. The van der Waals surface area contributed by atoms with E-state index in [9.17, 15) is 4.79 Å². The molecule has 0 atom stereocenters. The average molecular weight is 290 g/mol. The zero-order valence-corrected chi connectivity index (χ0v) is 13.3. The number of carbonyl (C=O) groups is 1. The molecule has 0 bridgehead atoms. The van der Waals surface area contributed by atoms with Gasteiger partial charge in [0, 0.05) is 31.0 Å². The Morgan fingerprint density at radius 2 is 2.19 bits per heavy atom. The summed E-state index contributed by atoms with van der Waals surface area (Å²) in [4.78, 5) is 18.7. The predicted octanol–water partition coefficient (Wildman–Crippen LogP) is 2.12. The topological polar surface area (TPSA) is 57.3 Å². The van der Waals surface area contributed by atoms with E-state index >= 15 is 0 Å². The Labute approximate surface area is 127 Å². The number of aromatic nitrogens is 1. The molecule has 0 aliphatic heterocycles. The predicted molar refractivity (Wildman–Crippen MR) is 85.6 cm³/mol. The first-order chi connectivity index (χ1) is 10.1. The van der Waals surface area contributed by atoms with Crippen molar-refractivity contribution < 1.29 is 4.79 Å². The summed E-state index contributed by atoms with van der Waals surface area (Å²) in [6.07, 6.45) is 7.90. The van der Waals surface area contributed by atoms with Crippen LogP contribution in [-0.2, 0) is 0 Å². The number of pyridine rings is 1. The summed E-state index contributed by atoms with van der Waals surface area (Å²) >= 11 is 0.